The molecule has 0 aliphatic heterocycles. The van der Waals surface area contributed by atoms with Crippen molar-refractivity contribution in [2.75, 3.05) is 11.9 Å². The first-order valence-corrected chi connectivity index (χ1v) is 6.35. The van der Waals surface area contributed by atoms with E-state index in [2.05, 4.69) is 5.32 Å². The Bertz CT molecular complexity index is 653. The quantitative estimate of drug-likeness (QED) is 0.484. The van der Waals surface area contributed by atoms with Crippen LogP contribution in [0.25, 0.3) is 0 Å². The molecule has 0 saturated heterocycles. The summed E-state index contributed by atoms with van der Waals surface area (Å²) in [5, 5.41) is 23.2. The van der Waals surface area contributed by atoms with Crippen LogP contribution in [0, 0.1) is 10.1 Å². The van der Waals surface area contributed by atoms with Crippen molar-refractivity contribution in [1.29, 1.82) is 0 Å². The van der Waals surface area contributed by atoms with Gasteiger partial charge >= 0.3 is 0 Å². The topological polar surface area (TPSA) is 92.5 Å². The number of nitro groups is 1. The second-order valence-electron chi connectivity index (χ2n) is 4.49. The second-order valence-corrected chi connectivity index (χ2v) is 4.49. The van der Waals surface area contributed by atoms with Crippen LogP contribution in [-0.4, -0.2) is 22.9 Å². The summed E-state index contributed by atoms with van der Waals surface area (Å²) in [6.07, 6.45) is 1.24. The van der Waals surface area contributed by atoms with Crippen LogP contribution in [0.5, 0.6) is 5.75 Å². The first-order chi connectivity index (χ1) is 10.1. The van der Waals surface area contributed by atoms with E-state index in [1.54, 1.807) is 24.3 Å². The minimum absolute atomic E-state index is 0.120. The van der Waals surface area contributed by atoms with E-state index in [9.17, 15) is 20.0 Å². The van der Waals surface area contributed by atoms with E-state index in [0.717, 1.165) is 5.56 Å². The molecule has 2 rings (SSSR count). The number of carbonyl (C=O) groups excluding carboxylic acids is 1. The monoisotopic (exact) mass is 286 g/mol. The molecule has 0 unspecified atom stereocenters. The smallest absolute Gasteiger partial charge is 0.293 e. The largest absolute Gasteiger partial charge is 0.508 e. The van der Waals surface area contributed by atoms with Crippen molar-refractivity contribution >= 4 is 17.7 Å². The number of hydrogen-bond donors (Lipinski definition) is 2. The molecule has 108 valence electrons. The maximum Gasteiger partial charge on any atom is 0.293 e. The van der Waals surface area contributed by atoms with Crippen LogP contribution < -0.4 is 5.32 Å². The Balaban J connectivity index is 2.04. The number of phenolic OH excluding ortho intramolecular Hbond substituents is 1. The lowest BCUT2D eigenvalue weighted by molar-refractivity contribution is -0.384. The van der Waals surface area contributed by atoms with E-state index >= 15 is 0 Å². The summed E-state index contributed by atoms with van der Waals surface area (Å²) in [5.74, 6) is 0.201. The predicted octanol–water partition coefficient (Wildman–Crippen LogP) is 2.77. The third-order valence-electron chi connectivity index (χ3n) is 3.02. The van der Waals surface area contributed by atoms with E-state index in [-0.39, 0.29) is 17.0 Å². The molecule has 21 heavy (non-hydrogen) atoms. The number of rotatable bonds is 6. The summed E-state index contributed by atoms with van der Waals surface area (Å²) in [6, 6.07) is 11.1. The normalized spacial score (nSPS) is 10.1. The molecule has 0 fully saturated rings. The molecule has 2 N–H and O–H groups in total. The number of nitrogens with one attached hydrogen (secondary N) is 1. The lowest BCUT2D eigenvalue weighted by Gasteiger charge is -2.07. The van der Waals surface area contributed by atoms with E-state index in [0.29, 0.717) is 24.9 Å². The highest BCUT2D eigenvalue weighted by Crippen LogP contribution is 2.25. The molecule has 6 nitrogen and oxygen atoms in total. The Morgan fingerprint density at radius 3 is 2.52 bits per heavy atom. The number of hydrogen-bond acceptors (Lipinski definition) is 5. The van der Waals surface area contributed by atoms with E-state index in [1.807, 2.05) is 0 Å². The standard InChI is InChI=1S/C15H14N2O4/c18-10-12-3-6-14(15(9-12)17(20)21)16-8-7-11-1-4-13(19)5-2-11/h1-6,9-10,16,19H,7-8H2. The highest BCUT2D eigenvalue weighted by atomic mass is 16.6. The summed E-state index contributed by atoms with van der Waals surface area (Å²) < 4.78 is 0. The third-order valence-corrected chi connectivity index (χ3v) is 3.02. The Morgan fingerprint density at radius 2 is 1.90 bits per heavy atom. The average molecular weight is 286 g/mol. The summed E-state index contributed by atoms with van der Waals surface area (Å²) in [5.41, 5.74) is 1.54. The highest BCUT2D eigenvalue weighted by Gasteiger charge is 2.14. The molecule has 0 aromatic heterocycles. The lowest BCUT2D eigenvalue weighted by atomic mass is 10.1. The van der Waals surface area contributed by atoms with Crippen molar-refractivity contribution in [3.05, 3.63) is 63.7 Å². The molecule has 2 aromatic carbocycles. The van der Waals surface area contributed by atoms with Crippen LogP contribution in [0.3, 0.4) is 0 Å². The van der Waals surface area contributed by atoms with Gasteiger partial charge in [0.15, 0.2) is 0 Å². The van der Waals surface area contributed by atoms with Gasteiger partial charge in [-0.3, -0.25) is 14.9 Å². The molecular formula is C15H14N2O4. The number of benzene rings is 2. The number of aldehydes is 1. The molecule has 0 bridgehead atoms. The van der Waals surface area contributed by atoms with Crippen LogP contribution in [0.4, 0.5) is 11.4 Å². The average Bonchev–Trinajstić information content (AvgIpc) is 2.49. The summed E-state index contributed by atoms with van der Waals surface area (Å²) >= 11 is 0. The Labute approximate surface area is 121 Å². The van der Waals surface area contributed by atoms with Crippen molar-refractivity contribution in [1.82, 2.24) is 0 Å². The van der Waals surface area contributed by atoms with Crippen molar-refractivity contribution in [2.24, 2.45) is 0 Å². The zero-order valence-corrected chi connectivity index (χ0v) is 11.2. The predicted molar refractivity (Wildman–Crippen MR) is 78.8 cm³/mol. The Hall–Kier alpha value is -2.89. The number of aromatic hydroxyl groups is 1. The minimum Gasteiger partial charge on any atom is -0.508 e. The lowest BCUT2D eigenvalue weighted by Crippen LogP contribution is -2.07. The van der Waals surface area contributed by atoms with Crippen molar-refractivity contribution in [3.8, 4) is 5.75 Å². The van der Waals surface area contributed by atoms with Crippen molar-refractivity contribution < 1.29 is 14.8 Å². The molecule has 0 heterocycles. The van der Waals surface area contributed by atoms with Gasteiger partial charge in [-0.1, -0.05) is 12.1 Å². The van der Waals surface area contributed by atoms with Gasteiger partial charge in [0.2, 0.25) is 0 Å². The minimum atomic E-state index is -0.518. The fraction of sp³-hybridized carbons (Fsp3) is 0.133. The summed E-state index contributed by atoms with van der Waals surface area (Å²) in [4.78, 5) is 21.1. The first kappa shape index (κ1) is 14.5. The van der Waals surface area contributed by atoms with Gasteiger partial charge in [-0.25, -0.2) is 0 Å². The fourth-order valence-corrected chi connectivity index (χ4v) is 1.93. The third kappa shape index (κ3) is 3.79. The van der Waals surface area contributed by atoms with Gasteiger partial charge in [-0.05, 0) is 36.2 Å². The van der Waals surface area contributed by atoms with Crippen LogP contribution in [0.1, 0.15) is 15.9 Å². The van der Waals surface area contributed by atoms with E-state index in [1.165, 1.54) is 18.2 Å². The van der Waals surface area contributed by atoms with Gasteiger partial charge in [0.25, 0.3) is 5.69 Å². The molecule has 0 radical (unpaired) electrons. The van der Waals surface area contributed by atoms with Gasteiger partial charge in [-0.2, -0.15) is 0 Å². The van der Waals surface area contributed by atoms with Gasteiger partial charge in [0.1, 0.15) is 17.7 Å². The molecule has 0 atom stereocenters. The second kappa shape index (κ2) is 6.51. The molecule has 0 aliphatic rings. The van der Waals surface area contributed by atoms with Gasteiger partial charge < -0.3 is 10.4 Å². The Kier molecular flexibility index (Phi) is 4.50. The molecule has 0 saturated carbocycles. The summed E-state index contributed by atoms with van der Waals surface area (Å²) in [7, 11) is 0. The van der Waals surface area contributed by atoms with Crippen molar-refractivity contribution in [2.45, 2.75) is 6.42 Å². The molecule has 0 aliphatic carbocycles. The van der Waals surface area contributed by atoms with E-state index in [4.69, 9.17) is 0 Å². The number of anilines is 1. The van der Waals surface area contributed by atoms with Crippen molar-refractivity contribution in [3.63, 3.8) is 0 Å². The first-order valence-electron chi connectivity index (χ1n) is 6.35. The maximum absolute atomic E-state index is 11.0. The van der Waals surface area contributed by atoms with Gasteiger partial charge in [0, 0.05) is 18.2 Å². The molecule has 0 amide bonds. The maximum atomic E-state index is 11.0. The fourth-order valence-electron chi connectivity index (χ4n) is 1.93. The Morgan fingerprint density at radius 1 is 1.19 bits per heavy atom. The van der Waals surface area contributed by atoms with Gasteiger partial charge in [0.05, 0.1) is 4.92 Å². The van der Waals surface area contributed by atoms with Crippen LogP contribution in [0.2, 0.25) is 0 Å². The molecular weight excluding hydrogens is 272 g/mol. The highest BCUT2D eigenvalue weighted by molar-refractivity contribution is 5.79. The molecule has 6 heteroatoms. The van der Waals surface area contributed by atoms with Crippen LogP contribution in [-0.2, 0) is 6.42 Å². The number of carbonyl (C=O) groups is 1. The number of phenols is 1. The summed E-state index contributed by atoms with van der Waals surface area (Å²) in [6.45, 7) is 0.506. The zero-order valence-electron chi connectivity index (χ0n) is 11.2. The van der Waals surface area contributed by atoms with Crippen LogP contribution >= 0.6 is 0 Å². The zero-order chi connectivity index (χ0) is 15.2. The molecule has 0 spiro atoms. The number of nitro benzene ring substituents is 1. The molecule has 2 aromatic rings. The van der Waals surface area contributed by atoms with Gasteiger partial charge in [-0.15, -0.1) is 0 Å². The van der Waals surface area contributed by atoms with Crippen LogP contribution in [0.15, 0.2) is 42.5 Å². The number of nitrogens with zero attached hydrogens (tertiary/aromatic N) is 1. The van der Waals surface area contributed by atoms with E-state index < -0.39 is 4.92 Å². The SMILES string of the molecule is O=Cc1ccc(NCCc2ccc(O)cc2)c([N+](=O)[O-])c1.